The van der Waals surface area contributed by atoms with E-state index in [1.54, 1.807) is 0 Å². The Hall–Kier alpha value is -1.76. The average Bonchev–Trinajstić information content (AvgIpc) is 3.15. The van der Waals surface area contributed by atoms with Crippen LogP contribution in [0.2, 0.25) is 0 Å². The van der Waals surface area contributed by atoms with Gasteiger partial charge in [-0.1, -0.05) is 0 Å². The lowest BCUT2D eigenvalue weighted by atomic mass is 9.99. The van der Waals surface area contributed by atoms with E-state index in [1.165, 1.54) is 11.3 Å². The molecule has 1 fully saturated rings. The number of nitrogens with two attached hydrogens (primary N) is 2. The second-order valence-corrected chi connectivity index (χ2v) is 6.91. The number of carbonyl (C=O) groups is 2. The third kappa shape index (κ3) is 3.12. The molecule has 0 aromatic carbocycles. The summed E-state index contributed by atoms with van der Waals surface area (Å²) in [6.45, 7) is 6.48. The number of carbonyl (C=O) groups excluding carboxylic acids is 2. The van der Waals surface area contributed by atoms with Gasteiger partial charge >= 0.3 is 0 Å². The summed E-state index contributed by atoms with van der Waals surface area (Å²) in [5, 5.41) is 6.62. The molecule has 1 heterocycles. The standard InChI is InChI=1S/C14H22N4O2S/c1-4-17-12(20)10-9(15)8(11(16)19)13(21-10)18-14(2,3)7-5-6-7/h7,18H,4-6,15H2,1-3H3,(H2,16,19)(H,17,20). The first-order valence-corrected chi connectivity index (χ1v) is 7.88. The number of anilines is 2. The van der Waals surface area contributed by atoms with Gasteiger partial charge < -0.3 is 22.1 Å². The van der Waals surface area contributed by atoms with Crippen molar-refractivity contribution in [3.63, 3.8) is 0 Å². The molecule has 1 aromatic heterocycles. The van der Waals surface area contributed by atoms with Crippen LogP contribution < -0.4 is 22.1 Å². The summed E-state index contributed by atoms with van der Waals surface area (Å²) in [6, 6.07) is 0. The summed E-state index contributed by atoms with van der Waals surface area (Å²) in [6.07, 6.45) is 2.33. The van der Waals surface area contributed by atoms with Gasteiger partial charge in [0.1, 0.15) is 9.88 Å². The van der Waals surface area contributed by atoms with Crippen molar-refractivity contribution in [3.8, 4) is 0 Å². The van der Waals surface area contributed by atoms with Gasteiger partial charge in [0.05, 0.1) is 11.3 Å². The van der Waals surface area contributed by atoms with Gasteiger partial charge in [0.25, 0.3) is 11.8 Å². The fraction of sp³-hybridized carbons (Fsp3) is 0.571. The predicted molar refractivity (Wildman–Crippen MR) is 85.7 cm³/mol. The maximum atomic E-state index is 12.0. The Bertz CT molecular complexity index is 576. The second-order valence-electron chi connectivity index (χ2n) is 5.89. The monoisotopic (exact) mass is 310 g/mol. The highest BCUT2D eigenvalue weighted by Crippen LogP contribution is 2.44. The molecule has 0 bridgehead atoms. The van der Waals surface area contributed by atoms with Crippen LogP contribution in [-0.4, -0.2) is 23.9 Å². The molecule has 0 aliphatic heterocycles. The fourth-order valence-electron chi connectivity index (χ4n) is 2.39. The molecule has 116 valence electrons. The third-order valence-electron chi connectivity index (χ3n) is 3.77. The summed E-state index contributed by atoms with van der Waals surface area (Å²) < 4.78 is 0. The largest absolute Gasteiger partial charge is 0.397 e. The van der Waals surface area contributed by atoms with Gasteiger partial charge in [-0.15, -0.1) is 11.3 Å². The predicted octanol–water partition coefficient (Wildman–Crippen LogP) is 1.78. The lowest BCUT2D eigenvalue weighted by molar-refractivity contribution is 0.0960. The molecule has 2 rings (SSSR count). The minimum Gasteiger partial charge on any atom is -0.397 e. The van der Waals surface area contributed by atoms with E-state index >= 15 is 0 Å². The minimum absolute atomic E-state index is 0.153. The minimum atomic E-state index is -0.617. The van der Waals surface area contributed by atoms with Crippen LogP contribution in [0.3, 0.4) is 0 Å². The van der Waals surface area contributed by atoms with Crippen molar-refractivity contribution in [2.75, 3.05) is 17.6 Å². The van der Waals surface area contributed by atoms with Crippen LogP contribution in [0.5, 0.6) is 0 Å². The Labute approximate surface area is 128 Å². The molecule has 0 atom stereocenters. The van der Waals surface area contributed by atoms with Crippen LogP contribution in [-0.2, 0) is 0 Å². The number of amides is 2. The molecular formula is C14H22N4O2S. The first kappa shape index (κ1) is 15.6. The molecule has 1 aromatic rings. The third-order valence-corrected chi connectivity index (χ3v) is 4.89. The molecule has 21 heavy (non-hydrogen) atoms. The van der Waals surface area contributed by atoms with Crippen LogP contribution in [0.25, 0.3) is 0 Å². The van der Waals surface area contributed by atoms with Crippen LogP contribution in [0.4, 0.5) is 10.7 Å². The molecule has 2 amide bonds. The average molecular weight is 310 g/mol. The van der Waals surface area contributed by atoms with E-state index in [2.05, 4.69) is 24.5 Å². The van der Waals surface area contributed by atoms with Gasteiger partial charge in [-0.3, -0.25) is 9.59 Å². The van der Waals surface area contributed by atoms with Crippen molar-refractivity contribution in [1.82, 2.24) is 5.32 Å². The van der Waals surface area contributed by atoms with Gasteiger partial charge in [0.2, 0.25) is 0 Å². The maximum Gasteiger partial charge on any atom is 0.263 e. The Morgan fingerprint density at radius 1 is 1.38 bits per heavy atom. The number of primary amides is 1. The van der Waals surface area contributed by atoms with Crippen molar-refractivity contribution in [2.24, 2.45) is 11.7 Å². The van der Waals surface area contributed by atoms with Gasteiger partial charge in [-0.05, 0) is 39.5 Å². The molecule has 1 aliphatic carbocycles. The number of nitrogens with one attached hydrogen (secondary N) is 2. The highest BCUT2D eigenvalue weighted by Gasteiger charge is 2.39. The lowest BCUT2D eigenvalue weighted by Gasteiger charge is -2.27. The molecular weight excluding hydrogens is 288 g/mol. The van der Waals surface area contributed by atoms with Crippen LogP contribution in [0, 0.1) is 5.92 Å². The van der Waals surface area contributed by atoms with Crippen molar-refractivity contribution < 1.29 is 9.59 Å². The number of nitrogen functional groups attached to an aromatic ring is 1. The molecule has 0 unspecified atom stereocenters. The summed E-state index contributed by atoms with van der Waals surface area (Å²) in [4.78, 5) is 24.0. The summed E-state index contributed by atoms with van der Waals surface area (Å²) in [5.41, 5.74) is 11.6. The molecule has 0 radical (unpaired) electrons. The fourth-order valence-corrected chi connectivity index (χ4v) is 3.59. The zero-order chi connectivity index (χ0) is 15.8. The van der Waals surface area contributed by atoms with E-state index in [0.717, 1.165) is 12.8 Å². The summed E-state index contributed by atoms with van der Waals surface area (Å²) >= 11 is 1.19. The van der Waals surface area contributed by atoms with E-state index < -0.39 is 5.91 Å². The smallest absolute Gasteiger partial charge is 0.263 e. The number of rotatable bonds is 6. The van der Waals surface area contributed by atoms with Gasteiger partial charge in [-0.2, -0.15) is 0 Å². The van der Waals surface area contributed by atoms with Gasteiger partial charge in [0, 0.05) is 12.1 Å². The Balaban J connectivity index is 2.37. The van der Waals surface area contributed by atoms with E-state index in [9.17, 15) is 9.59 Å². The second kappa shape index (κ2) is 5.55. The van der Waals surface area contributed by atoms with E-state index in [-0.39, 0.29) is 22.7 Å². The van der Waals surface area contributed by atoms with Crippen LogP contribution in [0.15, 0.2) is 0 Å². The number of hydrogen-bond donors (Lipinski definition) is 4. The molecule has 1 aliphatic rings. The summed E-state index contributed by atoms with van der Waals surface area (Å²) in [5.74, 6) is -0.331. The highest BCUT2D eigenvalue weighted by molar-refractivity contribution is 7.19. The zero-order valence-corrected chi connectivity index (χ0v) is 13.4. The maximum absolute atomic E-state index is 12.0. The lowest BCUT2D eigenvalue weighted by Crippen LogP contribution is -2.33. The van der Waals surface area contributed by atoms with Crippen molar-refractivity contribution >= 4 is 33.8 Å². The van der Waals surface area contributed by atoms with E-state index in [0.29, 0.717) is 22.3 Å². The Morgan fingerprint density at radius 3 is 2.48 bits per heavy atom. The normalized spacial score (nSPS) is 14.8. The molecule has 7 heteroatoms. The van der Waals surface area contributed by atoms with Crippen molar-refractivity contribution in [2.45, 2.75) is 39.2 Å². The van der Waals surface area contributed by atoms with Crippen molar-refractivity contribution in [1.29, 1.82) is 0 Å². The number of thiophene rings is 1. The SMILES string of the molecule is CCNC(=O)c1sc(NC(C)(C)C2CC2)c(C(N)=O)c1N. The van der Waals surface area contributed by atoms with E-state index in [4.69, 9.17) is 11.5 Å². The van der Waals surface area contributed by atoms with Crippen LogP contribution in [0.1, 0.15) is 53.6 Å². The Kier molecular flexibility index (Phi) is 4.13. The molecule has 0 saturated heterocycles. The number of hydrogen-bond acceptors (Lipinski definition) is 5. The highest BCUT2D eigenvalue weighted by atomic mass is 32.1. The first-order valence-electron chi connectivity index (χ1n) is 7.06. The quantitative estimate of drug-likeness (QED) is 0.642. The molecule has 6 N–H and O–H groups in total. The molecule has 0 spiro atoms. The summed E-state index contributed by atoms with van der Waals surface area (Å²) in [7, 11) is 0. The molecule has 1 saturated carbocycles. The van der Waals surface area contributed by atoms with Gasteiger partial charge in [-0.25, -0.2) is 0 Å². The molecule has 6 nitrogen and oxygen atoms in total. The zero-order valence-electron chi connectivity index (χ0n) is 12.6. The van der Waals surface area contributed by atoms with E-state index in [1.807, 2.05) is 6.92 Å². The Morgan fingerprint density at radius 2 is 2.00 bits per heavy atom. The van der Waals surface area contributed by atoms with Crippen LogP contribution >= 0.6 is 11.3 Å². The van der Waals surface area contributed by atoms with Gasteiger partial charge in [0.15, 0.2) is 0 Å². The van der Waals surface area contributed by atoms with Crippen molar-refractivity contribution in [3.05, 3.63) is 10.4 Å². The topological polar surface area (TPSA) is 110 Å². The first-order chi connectivity index (χ1) is 9.77.